The summed E-state index contributed by atoms with van der Waals surface area (Å²) in [6, 6.07) is 0. The summed E-state index contributed by atoms with van der Waals surface area (Å²) in [6.45, 7) is 8.82. The zero-order valence-corrected chi connectivity index (χ0v) is 15.0. The van der Waals surface area contributed by atoms with Crippen LogP contribution in [0.1, 0.15) is 53.9 Å². The molecule has 2 rings (SSSR count). The first-order valence-electron chi connectivity index (χ1n) is 8.41. The van der Waals surface area contributed by atoms with Gasteiger partial charge in [-0.2, -0.15) is 0 Å². The quantitative estimate of drug-likeness (QED) is 0.573. The molecule has 0 bridgehead atoms. The maximum Gasteiger partial charge on any atom is 0.303 e. The number of ketones is 1. The molecule has 5 nitrogen and oxygen atoms in total. The normalized spacial score (nSPS) is 35.5. The first-order chi connectivity index (χ1) is 11.1. The van der Waals surface area contributed by atoms with E-state index in [9.17, 15) is 14.4 Å². The van der Waals surface area contributed by atoms with E-state index in [-0.39, 0.29) is 29.2 Å². The second kappa shape index (κ2) is 6.91. The van der Waals surface area contributed by atoms with Gasteiger partial charge in [0.15, 0.2) is 11.9 Å². The van der Waals surface area contributed by atoms with Crippen molar-refractivity contribution in [1.29, 1.82) is 0 Å². The molecule has 4 atom stereocenters. The zero-order valence-electron chi connectivity index (χ0n) is 15.0. The Morgan fingerprint density at radius 3 is 2.38 bits per heavy atom. The van der Waals surface area contributed by atoms with Gasteiger partial charge in [0.25, 0.3) is 0 Å². The number of Topliss-reactive ketones (excluding diaryl/α,β-unsaturated/α-hetero) is 1. The van der Waals surface area contributed by atoms with Gasteiger partial charge >= 0.3 is 11.9 Å². The van der Waals surface area contributed by atoms with Gasteiger partial charge in [-0.1, -0.05) is 25.5 Å². The monoisotopic (exact) mass is 334 g/mol. The molecule has 0 radical (unpaired) electrons. The van der Waals surface area contributed by atoms with Crippen molar-refractivity contribution in [2.45, 2.75) is 66.1 Å². The van der Waals surface area contributed by atoms with Gasteiger partial charge in [-0.15, -0.1) is 0 Å². The molecule has 0 heterocycles. The average Bonchev–Trinajstić information content (AvgIpc) is 2.45. The molecule has 0 saturated heterocycles. The Balaban J connectivity index is 2.41. The number of esters is 2. The molecule has 0 aromatic heterocycles. The van der Waals surface area contributed by atoms with Gasteiger partial charge in [0.1, 0.15) is 6.10 Å². The van der Waals surface area contributed by atoms with Gasteiger partial charge in [-0.3, -0.25) is 14.4 Å². The lowest BCUT2D eigenvalue weighted by atomic mass is 9.63. The van der Waals surface area contributed by atoms with E-state index in [2.05, 4.69) is 19.9 Å². The van der Waals surface area contributed by atoms with Crippen LogP contribution in [0, 0.1) is 11.3 Å². The Labute approximate surface area is 143 Å². The summed E-state index contributed by atoms with van der Waals surface area (Å²) in [7, 11) is 0. The van der Waals surface area contributed by atoms with Crippen molar-refractivity contribution in [1.82, 2.24) is 0 Å². The van der Waals surface area contributed by atoms with Crippen LogP contribution in [0.25, 0.3) is 0 Å². The number of hydrogen-bond acceptors (Lipinski definition) is 5. The molecule has 132 valence electrons. The van der Waals surface area contributed by atoms with Crippen LogP contribution in [-0.2, 0) is 23.9 Å². The van der Waals surface area contributed by atoms with Crippen LogP contribution in [0.4, 0.5) is 0 Å². The van der Waals surface area contributed by atoms with E-state index in [0.29, 0.717) is 12.8 Å². The van der Waals surface area contributed by atoms with Crippen molar-refractivity contribution in [3.63, 3.8) is 0 Å². The molecule has 0 aromatic carbocycles. The topological polar surface area (TPSA) is 69.7 Å². The molecule has 5 heteroatoms. The van der Waals surface area contributed by atoms with Crippen LogP contribution in [-0.4, -0.2) is 29.9 Å². The van der Waals surface area contributed by atoms with E-state index >= 15 is 0 Å². The molecule has 0 aromatic rings. The van der Waals surface area contributed by atoms with Crippen molar-refractivity contribution in [3.05, 3.63) is 23.3 Å². The van der Waals surface area contributed by atoms with Crippen molar-refractivity contribution >= 4 is 17.7 Å². The molecule has 0 aliphatic heterocycles. The number of ether oxygens (including phenoxy) is 2. The lowest BCUT2D eigenvalue weighted by molar-refractivity contribution is -0.150. The average molecular weight is 334 g/mol. The summed E-state index contributed by atoms with van der Waals surface area (Å²) in [5.74, 6) is -0.599. The fourth-order valence-corrected chi connectivity index (χ4v) is 3.78. The molecule has 0 fully saturated rings. The molecule has 2 aliphatic carbocycles. The minimum absolute atomic E-state index is 0.0934. The summed E-state index contributed by atoms with van der Waals surface area (Å²) in [6.07, 6.45) is 4.63. The summed E-state index contributed by atoms with van der Waals surface area (Å²) < 4.78 is 10.6. The third-order valence-corrected chi connectivity index (χ3v) is 5.16. The van der Waals surface area contributed by atoms with Gasteiger partial charge < -0.3 is 9.47 Å². The number of fused-ring (bicyclic) bond motifs is 1. The van der Waals surface area contributed by atoms with Crippen LogP contribution in [0.5, 0.6) is 0 Å². The molecular weight excluding hydrogens is 308 g/mol. The van der Waals surface area contributed by atoms with Crippen LogP contribution in [0.15, 0.2) is 23.3 Å². The Morgan fingerprint density at radius 2 is 1.79 bits per heavy atom. The molecule has 0 unspecified atom stereocenters. The van der Waals surface area contributed by atoms with Crippen LogP contribution >= 0.6 is 0 Å². The second-order valence-corrected chi connectivity index (χ2v) is 7.10. The molecular formula is C19H26O5. The molecule has 0 spiro atoms. The number of hydrogen-bond donors (Lipinski definition) is 0. The van der Waals surface area contributed by atoms with Crippen LogP contribution < -0.4 is 0 Å². The van der Waals surface area contributed by atoms with Crippen molar-refractivity contribution < 1.29 is 23.9 Å². The first kappa shape index (κ1) is 18.4. The number of carbonyl (C=O) groups excluding carboxylic acids is 3. The van der Waals surface area contributed by atoms with Gasteiger partial charge in [-0.05, 0) is 37.3 Å². The predicted octanol–water partition coefficient (Wildman–Crippen LogP) is 3.13. The van der Waals surface area contributed by atoms with E-state index < -0.39 is 12.1 Å². The van der Waals surface area contributed by atoms with Crippen LogP contribution in [0.3, 0.4) is 0 Å². The van der Waals surface area contributed by atoms with Crippen LogP contribution in [0.2, 0.25) is 0 Å². The number of rotatable bonds is 2. The van der Waals surface area contributed by atoms with E-state index in [1.807, 2.05) is 13.0 Å². The second-order valence-electron chi connectivity index (χ2n) is 7.10. The minimum atomic E-state index is -0.792. The van der Waals surface area contributed by atoms with E-state index in [1.165, 1.54) is 13.8 Å². The summed E-state index contributed by atoms with van der Waals surface area (Å²) in [5, 5.41) is 0. The van der Waals surface area contributed by atoms with E-state index in [4.69, 9.17) is 9.47 Å². The highest BCUT2D eigenvalue weighted by atomic mass is 16.5. The van der Waals surface area contributed by atoms with Gasteiger partial charge in [-0.25, -0.2) is 0 Å². The van der Waals surface area contributed by atoms with Gasteiger partial charge in [0.2, 0.25) is 0 Å². The summed E-state index contributed by atoms with van der Waals surface area (Å²) >= 11 is 0. The third kappa shape index (κ3) is 3.77. The van der Waals surface area contributed by atoms with Crippen molar-refractivity contribution in [2.24, 2.45) is 11.3 Å². The highest BCUT2D eigenvalue weighted by molar-refractivity contribution is 5.88. The Bertz CT molecular complexity index is 615. The fraction of sp³-hybridized carbons (Fsp3) is 0.632. The first-order valence-corrected chi connectivity index (χ1v) is 8.41. The number of allylic oxidation sites excluding steroid dienone is 2. The van der Waals surface area contributed by atoms with Gasteiger partial charge in [0.05, 0.1) is 0 Å². The summed E-state index contributed by atoms with van der Waals surface area (Å²) in [5.41, 5.74) is 1.64. The standard InChI is InChI=1S/C19H26O5/c1-11-10-19(5)12(2)8-16(23-13(3)20)9-15(19)6-7-17(22)18(11)24-14(4)21/h9-10,12,16,18H,6-8H2,1-5H3/b11-10-/t12-,16-,18-,19+/m0/s1. The fourth-order valence-electron chi connectivity index (χ4n) is 3.78. The Kier molecular flexibility index (Phi) is 5.31. The molecule has 24 heavy (non-hydrogen) atoms. The Hall–Kier alpha value is -1.91. The lowest BCUT2D eigenvalue weighted by Gasteiger charge is -2.43. The SMILES string of the molecule is CC(=O)O[C@@H]1C=C2CCC(=O)[C@@H](OC(C)=O)/C(C)=C\[C@]2(C)[C@@H](C)C1. The van der Waals surface area contributed by atoms with Gasteiger partial charge in [0, 0.05) is 25.7 Å². The van der Waals surface area contributed by atoms with Crippen molar-refractivity contribution in [2.75, 3.05) is 0 Å². The number of carbonyl (C=O) groups is 3. The smallest absolute Gasteiger partial charge is 0.303 e. The summed E-state index contributed by atoms with van der Waals surface area (Å²) in [4.78, 5) is 35.0. The molecule has 0 amide bonds. The molecule has 0 saturated carbocycles. The van der Waals surface area contributed by atoms with Crippen molar-refractivity contribution in [3.8, 4) is 0 Å². The molecule has 0 N–H and O–H groups in total. The van der Waals surface area contributed by atoms with E-state index in [0.717, 1.165) is 17.6 Å². The lowest BCUT2D eigenvalue weighted by Crippen LogP contribution is -2.39. The van der Waals surface area contributed by atoms with E-state index in [1.54, 1.807) is 0 Å². The largest absolute Gasteiger partial charge is 0.458 e. The highest BCUT2D eigenvalue weighted by Gasteiger charge is 2.41. The zero-order chi connectivity index (χ0) is 18.1. The third-order valence-electron chi connectivity index (χ3n) is 5.16. The maximum atomic E-state index is 12.4. The predicted molar refractivity (Wildman–Crippen MR) is 89.1 cm³/mol. The maximum absolute atomic E-state index is 12.4. The highest BCUT2D eigenvalue weighted by Crippen LogP contribution is 2.47. The Morgan fingerprint density at radius 1 is 1.17 bits per heavy atom. The molecule has 2 aliphatic rings. The minimum Gasteiger partial charge on any atom is -0.458 e.